The number of carbonyl (C=O) groups is 1. The summed E-state index contributed by atoms with van der Waals surface area (Å²) in [6.45, 7) is 7.44. The van der Waals surface area contributed by atoms with Crippen LogP contribution in [0.1, 0.15) is 50.3 Å². The van der Waals surface area contributed by atoms with Gasteiger partial charge in [-0.3, -0.25) is 9.36 Å². The number of aromatic nitrogens is 4. The zero-order valence-electron chi connectivity index (χ0n) is 20.6. The Morgan fingerprint density at radius 1 is 1.33 bits per heavy atom. The van der Waals surface area contributed by atoms with Crippen molar-refractivity contribution in [2.75, 3.05) is 24.2 Å². The van der Waals surface area contributed by atoms with Crippen molar-refractivity contribution in [2.45, 2.75) is 70.2 Å². The molecule has 4 heterocycles. The maximum atomic E-state index is 12.4. The molecule has 0 saturated carbocycles. The summed E-state index contributed by atoms with van der Waals surface area (Å²) in [6, 6.07) is 2.00. The van der Waals surface area contributed by atoms with Crippen LogP contribution >= 0.6 is 11.3 Å². The Bertz CT molecular complexity index is 1220. The predicted octanol–water partition coefficient (Wildman–Crippen LogP) is 1.18. The number of fused-ring (bicyclic) bond motifs is 1. The fourth-order valence-corrected chi connectivity index (χ4v) is 4.88. The summed E-state index contributed by atoms with van der Waals surface area (Å²) < 4.78 is 12.5. The van der Waals surface area contributed by atoms with E-state index in [4.69, 9.17) is 15.2 Å². The number of anilines is 2. The van der Waals surface area contributed by atoms with Gasteiger partial charge in [-0.05, 0) is 51.1 Å². The van der Waals surface area contributed by atoms with Gasteiger partial charge in [0.15, 0.2) is 17.7 Å². The van der Waals surface area contributed by atoms with Gasteiger partial charge < -0.3 is 35.8 Å². The number of nitrogens with one attached hydrogen (secondary N) is 1. The second-order valence-corrected chi connectivity index (χ2v) is 10.8. The van der Waals surface area contributed by atoms with Gasteiger partial charge in [0.1, 0.15) is 29.4 Å². The monoisotopic (exact) mass is 520 g/mol. The molecule has 36 heavy (non-hydrogen) atoms. The third kappa shape index (κ3) is 5.44. The molecule has 1 aliphatic rings. The molecule has 0 aromatic carbocycles. The van der Waals surface area contributed by atoms with Crippen molar-refractivity contribution >= 4 is 40.2 Å². The number of hydrogen-bond donors (Lipinski definition) is 5. The number of thiophene rings is 1. The van der Waals surface area contributed by atoms with Crippen molar-refractivity contribution in [3.8, 4) is 0 Å². The molecule has 5 atom stereocenters. The highest BCUT2D eigenvalue weighted by molar-refractivity contribution is 7.10. The van der Waals surface area contributed by atoms with Gasteiger partial charge in [0, 0.05) is 11.4 Å². The van der Waals surface area contributed by atoms with E-state index >= 15 is 0 Å². The van der Waals surface area contributed by atoms with Crippen LogP contribution < -0.4 is 11.1 Å². The molecule has 13 heteroatoms. The minimum Gasteiger partial charge on any atom is -0.460 e. The van der Waals surface area contributed by atoms with Crippen LogP contribution in [-0.4, -0.2) is 77.9 Å². The molecule has 1 unspecified atom stereocenters. The van der Waals surface area contributed by atoms with Gasteiger partial charge in [-0.15, -0.1) is 11.3 Å². The van der Waals surface area contributed by atoms with E-state index in [9.17, 15) is 20.1 Å². The largest absolute Gasteiger partial charge is 0.460 e. The molecule has 0 aliphatic carbocycles. The summed E-state index contributed by atoms with van der Waals surface area (Å²) in [7, 11) is 0. The van der Waals surface area contributed by atoms with Crippen LogP contribution in [0.25, 0.3) is 11.2 Å². The molecule has 3 aromatic rings. The Hall–Kier alpha value is -2.84. The highest BCUT2D eigenvalue weighted by Crippen LogP contribution is 2.32. The van der Waals surface area contributed by atoms with Gasteiger partial charge in [-0.1, -0.05) is 0 Å². The lowest BCUT2D eigenvalue weighted by atomic mass is 10.0. The average molecular weight is 521 g/mol. The first-order valence-electron chi connectivity index (χ1n) is 11.6. The van der Waals surface area contributed by atoms with Crippen molar-refractivity contribution in [1.29, 1.82) is 0 Å². The number of esters is 1. The van der Waals surface area contributed by atoms with E-state index in [0.717, 1.165) is 10.4 Å². The van der Waals surface area contributed by atoms with E-state index in [1.165, 1.54) is 10.9 Å². The molecule has 4 rings (SSSR count). The molecule has 0 amide bonds. The first-order valence-corrected chi connectivity index (χ1v) is 12.5. The summed E-state index contributed by atoms with van der Waals surface area (Å²) in [5, 5.41) is 34.9. The number of aliphatic hydroxyl groups is 3. The minimum atomic E-state index is -1.27. The molecule has 1 aliphatic heterocycles. The SMILES string of the molecule is CC(C(=O)OC(C)(C)C)c1csc(CCNc2nc(N)c3ncn([C@@H]4O[C@H](CO)[C@@H](O)[C@H]4O)c3n2)c1. The zero-order chi connectivity index (χ0) is 26.2. The molecular formula is C23H32N6O6S. The smallest absolute Gasteiger partial charge is 0.313 e. The van der Waals surface area contributed by atoms with Crippen molar-refractivity contribution in [3.05, 3.63) is 28.2 Å². The maximum absolute atomic E-state index is 12.4. The number of imidazole rings is 1. The van der Waals surface area contributed by atoms with Gasteiger partial charge in [0.25, 0.3) is 0 Å². The third-order valence-corrected chi connectivity index (χ3v) is 6.84. The fourth-order valence-electron chi connectivity index (χ4n) is 3.89. The first-order chi connectivity index (χ1) is 17.0. The number of ether oxygens (including phenoxy) is 2. The van der Waals surface area contributed by atoms with Gasteiger partial charge in [0.2, 0.25) is 5.95 Å². The fraction of sp³-hybridized carbons (Fsp3) is 0.565. The summed E-state index contributed by atoms with van der Waals surface area (Å²) in [5.41, 5.74) is 7.11. The zero-order valence-corrected chi connectivity index (χ0v) is 21.4. The Morgan fingerprint density at radius 2 is 2.08 bits per heavy atom. The van der Waals surface area contributed by atoms with Crippen LogP contribution in [0, 0.1) is 0 Å². The molecular weight excluding hydrogens is 488 g/mol. The number of nitrogens with two attached hydrogens (primary N) is 1. The van der Waals surface area contributed by atoms with Gasteiger partial charge >= 0.3 is 5.97 Å². The van der Waals surface area contributed by atoms with Crippen LogP contribution in [0.15, 0.2) is 17.8 Å². The molecule has 6 N–H and O–H groups in total. The van der Waals surface area contributed by atoms with E-state index in [1.54, 1.807) is 11.3 Å². The van der Waals surface area contributed by atoms with Gasteiger partial charge in [0.05, 0.1) is 18.9 Å². The lowest BCUT2D eigenvalue weighted by Crippen LogP contribution is -2.33. The number of hydrogen-bond acceptors (Lipinski definition) is 12. The summed E-state index contributed by atoms with van der Waals surface area (Å²) in [5.74, 6) is -0.192. The van der Waals surface area contributed by atoms with Crippen molar-refractivity contribution in [2.24, 2.45) is 0 Å². The molecule has 196 valence electrons. The van der Waals surface area contributed by atoms with Crippen LogP contribution in [0.4, 0.5) is 11.8 Å². The Balaban J connectivity index is 1.42. The Labute approximate surface area is 212 Å². The van der Waals surface area contributed by atoms with E-state index < -0.39 is 36.7 Å². The topological polar surface area (TPSA) is 178 Å². The van der Waals surface area contributed by atoms with Crippen LogP contribution in [0.2, 0.25) is 0 Å². The first kappa shape index (κ1) is 26.2. The highest BCUT2D eigenvalue weighted by atomic mass is 32.1. The van der Waals surface area contributed by atoms with E-state index in [-0.39, 0.29) is 23.7 Å². The van der Waals surface area contributed by atoms with Gasteiger partial charge in [-0.2, -0.15) is 9.97 Å². The average Bonchev–Trinajstić information content (AvgIpc) is 3.51. The molecule has 0 bridgehead atoms. The molecule has 3 aromatic heterocycles. The second kappa shape index (κ2) is 10.3. The highest BCUT2D eigenvalue weighted by Gasteiger charge is 2.44. The molecule has 12 nitrogen and oxygen atoms in total. The van der Waals surface area contributed by atoms with Gasteiger partial charge in [-0.25, -0.2) is 4.98 Å². The molecule has 0 spiro atoms. The minimum absolute atomic E-state index is 0.151. The summed E-state index contributed by atoms with van der Waals surface area (Å²) in [4.78, 5) is 26.4. The Morgan fingerprint density at radius 3 is 2.75 bits per heavy atom. The number of nitrogen functional groups attached to an aromatic ring is 1. The maximum Gasteiger partial charge on any atom is 0.313 e. The number of carbonyl (C=O) groups excluding carboxylic acids is 1. The number of rotatable bonds is 8. The Kier molecular flexibility index (Phi) is 7.48. The van der Waals surface area contributed by atoms with Crippen LogP contribution in [0.3, 0.4) is 0 Å². The third-order valence-electron chi connectivity index (χ3n) is 5.83. The summed E-state index contributed by atoms with van der Waals surface area (Å²) >= 11 is 1.56. The summed E-state index contributed by atoms with van der Waals surface area (Å²) in [6.07, 6.45) is -2.36. The van der Waals surface area contributed by atoms with E-state index in [0.29, 0.717) is 24.1 Å². The normalized spacial score (nSPS) is 23.2. The van der Waals surface area contributed by atoms with Crippen molar-refractivity contribution in [3.63, 3.8) is 0 Å². The number of nitrogens with zero attached hydrogens (tertiary/aromatic N) is 4. The predicted molar refractivity (Wildman–Crippen MR) is 134 cm³/mol. The van der Waals surface area contributed by atoms with Crippen molar-refractivity contribution < 1.29 is 29.6 Å². The number of aliphatic hydroxyl groups excluding tert-OH is 3. The molecule has 0 radical (unpaired) electrons. The van der Waals surface area contributed by atoms with Crippen molar-refractivity contribution in [1.82, 2.24) is 19.5 Å². The quantitative estimate of drug-likeness (QED) is 0.269. The lowest BCUT2D eigenvalue weighted by Gasteiger charge is -2.21. The van der Waals surface area contributed by atoms with Crippen LogP contribution in [-0.2, 0) is 20.7 Å². The second-order valence-electron chi connectivity index (χ2n) is 9.76. The standard InChI is InChI=1S/C23H32N6O6S/c1-11(21(33)35-23(2,3)4)12-7-13(36-9-12)5-6-25-22-27-18(24)15-19(28-22)29(10-26-15)20-17(32)16(31)14(8-30)34-20/h7,9-11,14,16-17,20,30-32H,5-6,8H2,1-4H3,(H3,24,25,27,28)/t11?,14-,16-,17-,20-/m1/s1. The van der Waals surface area contributed by atoms with E-state index in [1.807, 2.05) is 39.1 Å². The van der Waals surface area contributed by atoms with Crippen LogP contribution in [0.5, 0.6) is 0 Å². The molecule has 1 fully saturated rings. The lowest BCUT2D eigenvalue weighted by molar-refractivity contribution is -0.156. The molecule has 1 saturated heterocycles. The van der Waals surface area contributed by atoms with E-state index in [2.05, 4.69) is 20.3 Å².